The predicted octanol–water partition coefficient (Wildman–Crippen LogP) is 3.27. The van der Waals surface area contributed by atoms with Gasteiger partial charge >= 0.3 is 0 Å². The highest BCUT2D eigenvalue weighted by Gasteiger charge is 2.28. The third-order valence-corrected chi connectivity index (χ3v) is 3.71. The smallest absolute Gasteiger partial charge is 0.0750 e. The molecule has 0 saturated heterocycles. The third kappa shape index (κ3) is 4.26. The Labute approximate surface area is 100 Å². The van der Waals surface area contributed by atoms with Crippen LogP contribution in [0.15, 0.2) is 12.2 Å². The second-order valence-corrected chi connectivity index (χ2v) is 5.26. The standard InChI is InChI=1S/C14H27NO/c1-11(2)9-10-13(15)14(16-3)12-7-5-4-6-8-12/h12-14H,1,4-10,15H2,2-3H3. The summed E-state index contributed by atoms with van der Waals surface area (Å²) in [6.45, 7) is 5.99. The fourth-order valence-corrected chi connectivity index (χ4v) is 2.76. The Hall–Kier alpha value is -0.340. The van der Waals surface area contributed by atoms with Gasteiger partial charge in [-0.15, -0.1) is 6.58 Å². The lowest BCUT2D eigenvalue weighted by Gasteiger charge is -2.33. The van der Waals surface area contributed by atoms with Crippen molar-refractivity contribution in [1.29, 1.82) is 0 Å². The summed E-state index contributed by atoms with van der Waals surface area (Å²) in [5, 5.41) is 0. The monoisotopic (exact) mass is 225 g/mol. The summed E-state index contributed by atoms with van der Waals surface area (Å²) in [5.74, 6) is 0.680. The van der Waals surface area contributed by atoms with Crippen molar-refractivity contribution in [1.82, 2.24) is 0 Å². The van der Waals surface area contributed by atoms with Crippen molar-refractivity contribution in [3.8, 4) is 0 Å². The Bertz CT molecular complexity index is 209. The number of hydrogen-bond donors (Lipinski definition) is 1. The van der Waals surface area contributed by atoms with E-state index in [0.29, 0.717) is 5.92 Å². The molecule has 94 valence electrons. The highest BCUT2D eigenvalue weighted by Crippen LogP contribution is 2.29. The van der Waals surface area contributed by atoms with Gasteiger partial charge in [0.1, 0.15) is 0 Å². The van der Waals surface area contributed by atoms with Crippen molar-refractivity contribution < 1.29 is 4.74 Å². The van der Waals surface area contributed by atoms with E-state index in [2.05, 4.69) is 13.5 Å². The van der Waals surface area contributed by atoms with Crippen LogP contribution in [-0.2, 0) is 4.74 Å². The van der Waals surface area contributed by atoms with Crippen molar-refractivity contribution in [2.24, 2.45) is 11.7 Å². The average Bonchev–Trinajstić information content (AvgIpc) is 2.29. The zero-order valence-electron chi connectivity index (χ0n) is 10.9. The Kier molecular flexibility index (Phi) is 6.07. The SMILES string of the molecule is C=C(C)CCC(N)C(OC)C1CCCCC1. The van der Waals surface area contributed by atoms with Gasteiger partial charge in [-0.1, -0.05) is 24.8 Å². The van der Waals surface area contributed by atoms with E-state index in [4.69, 9.17) is 10.5 Å². The highest BCUT2D eigenvalue weighted by molar-refractivity contribution is 4.91. The van der Waals surface area contributed by atoms with Crippen LogP contribution in [0, 0.1) is 5.92 Å². The molecule has 1 aliphatic carbocycles. The Balaban J connectivity index is 2.41. The van der Waals surface area contributed by atoms with E-state index in [-0.39, 0.29) is 12.1 Å². The fraction of sp³-hybridized carbons (Fsp3) is 0.857. The summed E-state index contributed by atoms with van der Waals surface area (Å²) in [4.78, 5) is 0. The molecule has 0 aromatic heterocycles. The van der Waals surface area contributed by atoms with Crippen molar-refractivity contribution in [2.75, 3.05) is 7.11 Å². The fourth-order valence-electron chi connectivity index (χ4n) is 2.76. The Morgan fingerprint density at radius 3 is 2.50 bits per heavy atom. The van der Waals surface area contributed by atoms with Crippen molar-refractivity contribution in [2.45, 2.75) is 64.0 Å². The minimum atomic E-state index is 0.171. The molecule has 2 heteroatoms. The van der Waals surface area contributed by atoms with E-state index >= 15 is 0 Å². The molecule has 0 amide bonds. The molecule has 2 nitrogen and oxygen atoms in total. The van der Waals surface area contributed by atoms with Gasteiger partial charge in [-0.05, 0) is 38.5 Å². The topological polar surface area (TPSA) is 35.2 Å². The van der Waals surface area contributed by atoms with Crippen LogP contribution in [-0.4, -0.2) is 19.3 Å². The molecule has 0 aromatic rings. The third-order valence-electron chi connectivity index (χ3n) is 3.71. The lowest BCUT2D eigenvalue weighted by Crippen LogP contribution is -2.42. The molecule has 0 spiro atoms. The molecule has 1 saturated carbocycles. The number of ether oxygens (including phenoxy) is 1. The van der Waals surface area contributed by atoms with Gasteiger partial charge in [-0.3, -0.25) is 0 Å². The normalized spacial score (nSPS) is 21.7. The average molecular weight is 225 g/mol. The molecule has 0 aliphatic heterocycles. The summed E-state index contributed by atoms with van der Waals surface area (Å²) in [6, 6.07) is 0.171. The van der Waals surface area contributed by atoms with Crippen molar-refractivity contribution in [3.63, 3.8) is 0 Å². The quantitative estimate of drug-likeness (QED) is 0.704. The van der Waals surface area contributed by atoms with Crippen LogP contribution < -0.4 is 5.73 Å². The van der Waals surface area contributed by atoms with Crippen LogP contribution in [0.4, 0.5) is 0 Å². The maximum absolute atomic E-state index is 6.24. The lowest BCUT2D eigenvalue weighted by atomic mass is 9.81. The molecule has 2 unspecified atom stereocenters. The zero-order chi connectivity index (χ0) is 12.0. The predicted molar refractivity (Wildman–Crippen MR) is 69.4 cm³/mol. The minimum Gasteiger partial charge on any atom is -0.380 e. The van der Waals surface area contributed by atoms with E-state index in [0.717, 1.165) is 12.8 Å². The number of nitrogens with two attached hydrogens (primary N) is 1. The first kappa shape index (κ1) is 13.7. The molecule has 0 aromatic carbocycles. The summed E-state index contributed by atoms with van der Waals surface area (Å²) >= 11 is 0. The molecule has 1 aliphatic rings. The molecule has 2 N–H and O–H groups in total. The van der Waals surface area contributed by atoms with Crippen LogP contribution in [0.25, 0.3) is 0 Å². The number of allylic oxidation sites excluding steroid dienone is 1. The molecule has 1 rings (SSSR count). The number of hydrogen-bond acceptors (Lipinski definition) is 2. The Morgan fingerprint density at radius 1 is 1.38 bits per heavy atom. The highest BCUT2D eigenvalue weighted by atomic mass is 16.5. The van der Waals surface area contributed by atoms with Gasteiger partial charge in [0.05, 0.1) is 6.10 Å². The number of rotatable bonds is 6. The van der Waals surface area contributed by atoms with E-state index in [1.54, 1.807) is 7.11 Å². The van der Waals surface area contributed by atoms with Crippen LogP contribution in [0.3, 0.4) is 0 Å². The first-order valence-electron chi connectivity index (χ1n) is 6.58. The first-order chi connectivity index (χ1) is 7.65. The summed E-state index contributed by atoms with van der Waals surface area (Å²) < 4.78 is 5.63. The van der Waals surface area contributed by atoms with Crippen LogP contribution >= 0.6 is 0 Å². The van der Waals surface area contributed by atoms with Gasteiger partial charge in [-0.25, -0.2) is 0 Å². The molecule has 1 fully saturated rings. The van der Waals surface area contributed by atoms with Crippen LogP contribution in [0.5, 0.6) is 0 Å². The van der Waals surface area contributed by atoms with E-state index in [1.165, 1.54) is 37.7 Å². The largest absolute Gasteiger partial charge is 0.380 e. The van der Waals surface area contributed by atoms with E-state index in [9.17, 15) is 0 Å². The molecule has 0 heterocycles. The maximum atomic E-state index is 6.24. The summed E-state index contributed by atoms with van der Waals surface area (Å²) in [6.07, 6.45) is 8.93. The summed E-state index contributed by atoms with van der Waals surface area (Å²) in [7, 11) is 1.81. The maximum Gasteiger partial charge on any atom is 0.0750 e. The molecule has 16 heavy (non-hydrogen) atoms. The van der Waals surface area contributed by atoms with Gasteiger partial charge in [-0.2, -0.15) is 0 Å². The summed E-state index contributed by atoms with van der Waals surface area (Å²) in [5.41, 5.74) is 7.46. The van der Waals surface area contributed by atoms with Crippen LogP contribution in [0.2, 0.25) is 0 Å². The van der Waals surface area contributed by atoms with E-state index in [1.807, 2.05) is 0 Å². The van der Waals surface area contributed by atoms with Gasteiger partial charge in [0, 0.05) is 13.2 Å². The molecule has 0 radical (unpaired) electrons. The van der Waals surface area contributed by atoms with Crippen LogP contribution in [0.1, 0.15) is 51.9 Å². The molecule has 0 bridgehead atoms. The molecular weight excluding hydrogens is 198 g/mol. The van der Waals surface area contributed by atoms with Crippen molar-refractivity contribution >= 4 is 0 Å². The van der Waals surface area contributed by atoms with Gasteiger partial charge < -0.3 is 10.5 Å². The second-order valence-electron chi connectivity index (χ2n) is 5.26. The molecule has 2 atom stereocenters. The zero-order valence-corrected chi connectivity index (χ0v) is 10.9. The van der Waals surface area contributed by atoms with Gasteiger partial charge in [0.15, 0.2) is 0 Å². The Morgan fingerprint density at radius 2 is 2.00 bits per heavy atom. The second kappa shape index (κ2) is 7.08. The van der Waals surface area contributed by atoms with E-state index < -0.39 is 0 Å². The first-order valence-corrected chi connectivity index (χ1v) is 6.58. The minimum absolute atomic E-state index is 0.171. The van der Waals surface area contributed by atoms with Gasteiger partial charge in [0.2, 0.25) is 0 Å². The molecular formula is C14H27NO. The van der Waals surface area contributed by atoms with Gasteiger partial charge in [0.25, 0.3) is 0 Å². The number of methoxy groups -OCH3 is 1. The lowest BCUT2D eigenvalue weighted by molar-refractivity contribution is 0.0160. The van der Waals surface area contributed by atoms with Crippen molar-refractivity contribution in [3.05, 3.63) is 12.2 Å².